The van der Waals surface area contributed by atoms with Crippen LogP contribution in [0.5, 0.6) is 0 Å². The maximum atomic E-state index is 5.82. The molecule has 0 aliphatic carbocycles. The number of thiazole rings is 1. The number of rotatable bonds is 4. The molecule has 0 aromatic carbocycles. The molecule has 0 radical (unpaired) electrons. The Hall–Kier alpha value is -1.24. The SMILES string of the molecule is Cc1cnn(C[C@@H]2CN(Cc3cscn3)CCO2)c1. The van der Waals surface area contributed by atoms with E-state index in [0.717, 1.165) is 38.5 Å². The fourth-order valence-electron chi connectivity index (χ4n) is 2.35. The summed E-state index contributed by atoms with van der Waals surface area (Å²) in [4.78, 5) is 6.74. The molecule has 3 rings (SSSR count). The van der Waals surface area contributed by atoms with Crippen LogP contribution in [0.2, 0.25) is 0 Å². The van der Waals surface area contributed by atoms with E-state index in [0.29, 0.717) is 0 Å². The van der Waals surface area contributed by atoms with Gasteiger partial charge >= 0.3 is 0 Å². The van der Waals surface area contributed by atoms with Gasteiger partial charge in [-0.3, -0.25) is 9.58 Å². The summed E-state index contributed by atoms with van der Waals surface area (Å²) in [6.07, 6.45) is 4.16. The van der Waals surface area contributed by atoms with Crippen LogP contribution in [0.3, 0.4) is 0 Å². The van der Waals surface area contributed by atoms with Gasteiger partial charge in [-0.15, -0.1) is 11.3 Å². The first-order chi connectivity index (χ1) is 9.29. The lowest BCUT2D eigenvalue weighted by atomic mass is 10.2. The van der Waals surface area contributed by atoms with Crippen molar-refractivity contribution in [3.8, 4) is 0 Å². The minimum atomic E-state index is 0.215. The molecule has 1 aliphatic rings. The zero-order valence-electron chi connectivity index (χ0n) is 11.0. The lowest BCUT2D eigenvalue weighted by Gasteiger charge is -2.32. The van der Waals surface area contributed by atoms with E-state index >= 15 is 0 Å². The average molecular weight is 278 g/mol. The molecule has 0 spiro atoms. The van der Waals surface area contributed by atoms with Crippen LogP contribution in [0.15, 0.2) is 23.3 Å². The van der Waals surface area contributed by atoms with Crippen LogP contribution in [0.25, 0.3) is 0 Å². The van der Waals surface area contributed by atoms with Crippen molar-refractivity contribution < 1.29 is 4.74 Å². The summed E-state index contributed by atoms with van der Waals surface area (Å²) < 4.78 is 7.78. The Balaban J connectivity index is 1.55. The number of ether oxygens (including phenoxy) is 1. The minimum Gasteiger partial charge on any atom is -0.374 e. The van der Waals surface area contributed by atoms with Crippen LogP contribution < -0.4 is 0 Å². The third-order valence-electron chi connectivity index (χ3n) is 3.25. The Morgan fingerprint density at radius 1 is 1.53 bits per heavy atom. The Morgan fingerprint density at radius 3 is 3.21 bits per heavy atom. The molecule has 0 bridgehead atoms. The molecule has 5 nitrogen and oxygen atoms in total. The molecular formula is C13H18N4OS. The molecule has 19 heavy (non-hydrogen) atoms. The van der Waals surface area contributed by atoms with Crippen molar-refractivity contribution in [2.75, 3.05) is 19.7 Å². The summed E-state index contributed by atoms with van der Waals surface area (Å²) in [5.41, 5.74) is 4.23. The molecule has 0 amide bonds. The van der Waals surface area contributed by atoms with Gasteiger partial charge in [-0.25, -0.2) is 4.98 Å². The topological polar surface area (TPSA) is 43.2 Å². The summed E-state index contributed by atoms with van der Waals surface area (Å²) >= 11 is 1.65. The Bertz CT molecular complexity index is 510. The number of nitrogens with zero attached hydrogens (tertiary/aromatic N) is 4. The van der Waals surface area contributed by atoms with Crippen molar-refractivity contribution in [3.63, 3.8) is 0 Å². The van der Waals surface area contributed by atoms with E-state index in [2.05, 4.69) is 33.5 Å². The Labute approximate surface area is 116 Å². The third kappa shape index (κ3) is 3.40. The standard InChI is InChI=1S/C13H18N4OS/c1-11-4-15-17(5-11)8-13-7-16(2-3-18-13)6-12-9-19-10-14-12/h4-5,9-10,13H,2-3,6-8H2,1H3/t13-/m0/s1. The Morgan fingerprint density at radius 2 is 2.47 bits per heavy atom. The van der Waals surface area contributed by atoms with Crippen LogP contribution in [0.1, 0.15) is 11.3 Å². The molecule has 0 N–H and O–H groups in total. The summed E-state index contributed by atoms with van der Waals surface area (Å²) in [6, 6.07) is 0. The van der Waals surface area contributed by atoms with Gasteiger partial charge in [0, 0.05) is 31.2 Å². The lowest BCUT2D eigenvalue weighted by molar-refractivity contribution is -0.0405. The van der Waals surface area contributed by atoms with Crippen molar-refractivity contribution in [2.24, 2.45) is 0 Å². The van der Waals surface area contributed by atoms with Crippen molar-refractivity contribution in [3.05, 3.63) is 34.5 Å². The van der Waals surface area contributed by atoms with Crippen molar-refractivity contribution in [1.82, 2.24) is 19.7 Å². The number of aryl methyl sites for hydroxylation is 1. The van der Waals surface area contributed by atoms with E-state index in [4.69, 9.17) is 4.74 Å². The summed E-state index contributed by atoms with van der Waals surface area (Å²) in [5.74, 6) is 0. The zero-order valence-corrected chi connectivity index (χ0v) is 11.8. The second-order valence-electron chi connectivity index (χ2n) is 4.95. The lowest BCUT2D eigenvalue weighted by Crippen LogP contribution is -2.43. The first-order valence-corrected chi connectivity index (χ1v) is 7.44. The van der Waals surface area contributed by atoms with Gasteiger partial charge < -0.3 is 4.74 Å². The van der Waals surface area contributed by atoms with Crippen LogP contribution >= 0.6 is 11.3 Å². The van der Waals surface area contributed by atoms with Gasteiger partial charge in [-0.05, 0) is 12.5 Å². The molecule has 0 saturated carbocycles. The number of morpholine rings is 1. The summed E-state index contributed by atoms with van der Waals surface area (Å²) in [5, 5.41) is 6.43. The first kappa shape index (κ1) is 12.8. The molecule has 1 atom stereocenters. The fraction of sp³-hybridized carbons (Fsp3) is 0.538. The predicted molar refractivity (Wildman–Crippen MR) is 74.1 cm³/mol. The van der Waals surface area contributed by atoms with E-state index in [-0.39, 0.29) is 6.10 Å². The number of aromatic nitrogens is 3. The monoisotopic (exact) mass is 278 g/mol. The highest BCUT2D eigenvalue weighted by Gasteiger charge is 2.21. The van der Waals surface area contributed by atoms with Gasteiger partial charge in [0.15, 0.2) is 0 Å². The van der Waals surface area contributed by atoms with Gasteiger partial charge in [0.25, 0.3) is 0 Å². The van der Waals surface area contributed by atoms with Gasteiger partial charge in [0.1, 0.15) is 0 Å². The molecule has 3 heterocycles. The highest BCUT2D eigenvalue weighted by molar-refractivity contribution is 7.07. The van der Waals surface area contributed by atoms with Gasteiger partial charge in [-0.2, -0.15) is 5.10 Å². The third-order valence-corrected chi connectivity index (χ3v) is 3.88. The number of hydrogen-bond donors (Lipinski definition) is 0. The van der Waals surface area contributed by atoms with Crippen LogP contribution in [0, 0.1) is 6.92 Å². The van der Waals surface area contributed by atoms with Crippen molar-refractivity contribution >= 4 is 11.3 Å². The molecule has 0 unspecified atom stereocenters. The number of hydrogen-bond acceptors (Lipinski definition) is 5. The molecule has 2 aromatic rings. The smallest absolute Gasteiger partial charge is 0.0898 e. The molecule has 6 heteroatoms. The molecule has 2 aromatic heterocycles. The van der Waals surface area contributed by atoms with E-state index < -0.39 is 0 Å². The van der Waals surface area contributed by atoms with Gasteiger partial charge in [0.05, 0.1) is 36.7 Å². The quantitative estimate of drug-likeness (QED) is 0.851. The fourth-order valence-corrected chi connectivity index (χ4v) is 2.90. The maximum Gasteiger partial charge on any atom is 0.0898 e. The highest BCUT2D eigenvalue weighted by Crippen LogP contribution is 2.12. The van der Waals surface area contributed by atoms with E-state index in [1.54, 1.807) is 11.3 Å². The van der Waals surface area contributed by atoms with Crippen molar-refractivity contribution in [1.29, 1.82) is 0 Å². The second-order valence-corrected chi connectivity index (χ2v) is 5.67. The summed E-state index contributed by atoms with van der Waals surface area (Å²) in [6.45, 7) is 6.50. The van der Waals surface area contributed by atoms with E-state index in [9.17, 15) is 0 Å². The Kier molecular flexibility index (Phi) is 3.91. The van der Waals surface area contributed by atoms with Crippen LogP contribution in [0.4, 0.5) is 0 Å². The van der Waals surface area contributed by atoms with Crippen molar-refractivity contribution in [2.45, 2.75) is 26.1 Å². The van der Waals surface area contributed by atoms with Crippen LogP contribution in [-0.2, 0) is 17.8 Å². The average Bonchev–Trinajstić information content (AvgIpc) is 3.02. The largest absolute Gasteiger partial charge is 0.374 e. The van der Waals surface area contributed by atoms with Crippen LogP contribution in [-0.4, -0.2) is 45.5 Å². The highest BCUT2D eigenvalue weighted by atomic mass is 32.1. The van der Waals surface area contributed by atoms with Gasteiger partial charge in [-0.1, -0.05) is 0 Å². The molecule has 1 fully saturated rings. The predicted octanol–water partition coefficient (Wildman–Crippen LogP) is 1.55. The zero-order chi connectivity index (χ0) is 13.1. The molecular weight excluding hydrogens is 260 g/mol. The summed E-state index contributed by atoms with van der Waals surface area (Å²) in [7, 11) is 0. The first-order valence-electron chi connectivity index (χ1n) is 6.49. The normalized spacial score (nSPS) is 20.8. The van der Waals surface area contributed by atoms with E-state index in [1.807, 2.05) is 16.4 Å². The molecule has 102 valence electrons. The molecule has 1 aliphatic heterocycles. The van der Waals surface area contributed by atoms with Gasteiger partial charge in [0.2, 0.25) is 0 Å². The molecule has 1 saturated heterocycles. The minimum absolute atomic E-state index is 0.215. The maximum absolute atomic E-state index is 5.82. The second kappa shape index (κ2) is 5.81. The van der Waals surface area contributed by atoms with E-state index in [1.165, 1.54) is 5.56 Å².